The molecular weight excluding hydrogens is 268 g/mol. The number of hydrogen-bond acceptors (Lipinski definition) is 4. The van der Waals surface area contributed by atoms with Gasteiger partial charge in [-0.2, -0.15) is 0 Å². The van der Waals surface area contributed by atoms with E-state index >= 15 is 0 Å². The van der Waals surface area contributed by atoms with Crippen LogP contribution in [0, 0.1) is 0 Å². The van der Waals surface area contributed by atoms with Gasteiger partial charge in [-0.1, -0.05) is 17.2 Å². The van der Waals surface area contributed by atoms with Gasteiger partial charge in [0.05, 0.1) is 0 Å². The Balaban J connectivity index is 1.75. The molecule has 0 aromatic heterocycles. The maximum Gasteiger partial charge on any atom is 0.251 e. The number of hydrogen-bond donors (Lipinski definition) is 1. The predicted molar refractivity (Wildman–Crippen MR) is 81.5 cm³/mol. The van der Waals surface area contributed by atoms with Crippen LogP contribution in [0.3, 0.4) is 0 Å². The van der Waals surface area contributed by atoms with E-state index in [0.29, 0.717) is 17.8 Å². The lowest BCUT2D eigenvalue weighted by Gasteiger charge is -2.32. The first-order chi connectivity index (χ1) is 10.2. The van der Waals surface area contributed by atoms with Crippen molar-refractivity contribution in [3.63, 3.8) is 0 Å². The zero-order valence-electron chi connectivity index (χ0n) is 12.2. The minimum absolute atomic E-state index is 0.100. The van der Waals surface area contributed by atoms with Crippen LogP contribution in [-0.4, -0.2) is 62.0 Å². The summed E-state index contributed by atoms with van der Waals surface area (Å²) in [7, 11) is 2.12. The Morgan fingerprint density at radius 1 is 1.29 bits per heavy atom. The van der Waals surface area contributed by atoms with Crippen LogP contribution in [0.25, 0.3) is 10.4 Å². The van der Waals surface area contributed by atoms with Crippen molar-refractivity contribution in [2.45, 2.75) is 0 Å². The lowest BCUT2D eigenvalue weighted by Crippen LogP contribution is -2.46. The number of nitrogens with one attached hydrogen (secondary N) is 1. The third-order valence-electron chi connectivity index (χ3n) is 3.60. The number of carbonyl (C=O) groups is 1. The second-order valence-corrected chi connectivity index (χ2v) is 5.14. The Morgan fingerprint density at radius 2 is 1.95 bits per heavy atom. The molecule has 1 N–H and O–H groups in total. The molecule has 0 atom stereocenters. The summed E-state index contributed by atoms with van der Waals surface area (Å²) in [6, 6.07) is 6.59. The van der Waals surface area contributed by atoms with E-state index in [9.17, 15) is 4.79 Å². The van der Waals surface area contributed by atoms with Crippen molar-refractivity contribution in [1.82, 2.24) is 15.1 Å². The highest BCUT2D eigenvalue weighted by molar-refractivity contribution is 5.94. The van der Waals surface area contributed by atoms with Gasteiger partial charge >= 0.3 is 0 Å². The topological polar surface area (TPSA) is 84.3 Å². The minimum atomic E-state index is -0.100. The summed E-state index contributed by atoms with van der Waals surface area (Å²) in [5, 5.41) is 6.39. The molecule has 0 aliphatic carbocycles. The molecule has 1 amide bonds. The second kappa shape index (κ2) is 7.64. The summed E-state index contributed by atoms with van der Waals surface area (Å²) in [6.45, 7) is 5.77. The fraction of sp³-hybridized carbons (Fsp3) is 0.500. The first kappa shape index (κ1) is 15.3. The summed E-state index contributed by atoms with van der Waals surface area (Å²) in [6.07, 6.45) is 0. The maximum atomic E-state index is 12.0. The average Bonchev–Trinajstić information content (AvgIpc) is 2.50. The standard InChI is InChI=1S/C14H20N6O/c1-19-8-10-20(11-9-19)7-6-16-14(21)12-2-4-13(5-3-12)17-18-15/h2-5H,6-11H2,1H3,(H,16,21). The fourth-order valence-corrected chi connectivity index (χ4v) is 2.23. The Kier molecular flexibility index (Phi) is 5.57. The summed E-state index contributed by atoms with van der Waals surface area (Å²) in [5.74, 6) is -0.100. The van der Waals surface area contributed by atoms with Gasteiger partial charge in [0.1, 0.15) is 0 Å². The normalized spacial score (nSPS) is 16.2. The molecule has 0 saturated carbocycles. The zero-order chi connectivity index (χ0) is 15.1. The second-order valence-electron chi connectivity index (χ2n) is 5.14. The van der Waals surface area contributed by atoms with Crippen LogP contribution in [-0.2, 0) is 0 Å². The fourth-order valence-electron chi connectivity index (χ4n) is 2.23. The van der Waals surface area contributed by atoms with Crippen molar-refractivity contribution >= 4 is 11.6 Å². The summed E-state index contributed by atoms with van der Waals surface area (Å²) < 4.78 is 0. The molecule has 1 aliphatic rings. The van der Waals surface area contributed by atoms with Crippen molar-refractivity contribution < 1.29 is 4.79 Å². The quantitative estimate of drug-likeness (QED) is 0.507. The summed E-state index contributed by atoms with van der Waals surface area (Å²) in [5.41, 5.74) is 9.41. The molecule has 112 valence electrons. The highest BCUT2D eigenvalue weighted by atomic mass is 16.1. The Morgan fingerprint density at radius 3 is 2.57 bits per heavy atom. The smallest absolute Gasteiger partial charge is 0.251 e. The first-order valence-corrected chi connectivity index (χ1v) is 7.03. The van der Waals surface area contributed by atoms with E-state index in [0.717, 1.165) is 32.7 Å². The Bertz CT molecular complexity index is 515. The minimum Gasteiger partial charge on any atom is -0.351 e. The van der Waals surface area contributed by atoms with Crippen LogP contribution in [0.2, 0.25) is 0 Å². The molecule has 1 aromatic rings. The van der Waals surface area contributed by atoms with E-state index in [1.807, 2.05) is 0 Å². The summed E-state index contributed by atoms with van der Waals surface area (Å²) >= 11 is 0. The monoisotopic (exact) mass is 288 g/mol. The summed E-state index contributed by atoms with van der Waals surface area (Å²) in [4.78, 5) is 19.3. The van der Waals surface area contributed by atoms with Crippen molar-refractivity contribution in [1.29, 1.82) is 0 Å². The molecule has 1 aliphatic heterocycles. The highest BCUT2D eigenvalue weighted by Gasteiger charge is 2.13. The molecule has 2 rings (SSSR count). The number of amides is 1. The van der Waals surface area contributed by atoms with Gasteiger partial charge in [-0.05, 0) is 24.7 Å². The molecule has 1 saturated heterocycles. The van der Waals surface area contributed by atoms with E-state index in [1.165, 1.54) is 0 Å². The van der Waals surface area contributed by atoms with Gasteiger partial charge in [-0.15, -0.1) is 0 Å². The third kappa shape index (κ3) is 4.75. The molecule has 21 heavy (non-hydrogen) atoms. The van der Waals surface area contributed by atoms with E-state index in [2.05, 4.69) is 32.2 Å². The van der Waals surface area contributed by atoms with Crippen LogP contribution in [0.4, 0.5) is 5.69 Å². The van der Waals surface area contributed by atoms with Gasteiger partial charge in [0.15, 0.2) is 0 Å². The molecule has 0 bridgehead atoms. The number of carbonyl (C=O) groups excluding carboxylic acids is 1. The van der Waals surface area contributed by atoms with Gasteiger partial charge in [-0.25, -0.2) is 0 Å². The molecule has 0 spiro atoms. The predicted octanol–water partition coefficient (Wildman–Crippen LogP) is 1.61. The molecule has 7 nitrogen and oxygen atoms in total. The van der Waals surface area contributed by atoms with E-state index in [-0.39, 0.29) is 5.91 Å². The number of azide groups is 1. The van der Waals surface area contributed by atoms with E-state index < -0.39 is 0 Å². The van der Waals surface area contributed by atoms with Gasteiger partial charge < -0.3 is 10.2 Å². The third-order valence-corrected chi connectivity index (χ3v) is 3.60. The van der Waals surface area contributed by atoms with Crippen molar-refractivity contribution in [3.05, 3.63) is 40.3 Å². The Hall–Kier alpha value is -2.08. The number of likely N-dealkylation sites (N-methyl/N-ethyl adjacent to an activating group) is 1. The molecule has 0 radical (unpaired) electrons. The number of piperazine rings is 1. The number of rotatable bonds is 5. The van der Waals surface area contributed by atoms with E-state index in [1.54, 1.807) is 24.3 Å². The van der Waals surface area contributed by atoms with Crippen LogP contribution in [0.1, 0.15) is 10.4 Å². The lowest BCUT2D eigenvalue weighted by atomic mass is 10.2. The van der Waals surface area contributed by atoms with Gasteiger partial charge in [0, 0.05) is 55.4 Å². The molecule has 1 aromatic carbocycles. The molecular formula is C14H20N6O. The number of nitrogens with zero attached hydrogens (tertiary/aromatic N) is 5. The van der Waals surface area contributed by atoms with Gasteiger partial charge in [0.2, 0.25) is 0 Å². The van der Waals surface area contributed by atoms with Crippen LogP contribution in [0.15, 0.2) is 29.4 Å². The van der Waals surface area contributed by atoms with Crippen LogP contribution in [0.5, 0.6) is 0 Å². The number of benzene rings is 1. The van der Waals surface area contributed by atoms with E-state index in [4.69, 9.17) is 5.53 Å². The first-order valence-electron chi connectivity index (χ1n) is 7.03. The SMILES string of the molecule is CN1CCN(CCNC(=O)c2ccc(N=[N+]=[N-])cc2)CC1. The molecule has 7 heteroatoms. The van der Waals surface area contributed by atoms with Crippen molar-refractivity contribution in [3.8, 4) is 0 Å². The Labute approximate surface area is 124 Å². The highest BCUT2D eigenvalue weighted by Crippen LogP contribution is 2.12. The van der Waals surface area contributed by atoms with Crippen LogP contribution < -0.4 is 5.32 Å². The van der Waals surface area contributed by atoms with Crippen molar-refractivity contribution in [2.24, 2.45) is 5.11 Å². The average molecular weight is 288 g/mol. The van der Waals surface area contributed by atoms with Gasteiger partial charge in [-0.3, -0.25) is 9.69 Å². The van der Waals surface area contributed by atoms with Gasteiger partial charge in [0.25, 0.3) is 5.91 Å². The largest absolute Gasteiger partial charge is 0.351 e. The van der Waals surface area contributed by atoms with Crippen LogP contribution >= 0.6 is 0 Å². The zero-order valence-corrected chi connectivity index (χ0v) is 12.2. The molecule has 1 fully saturated rings. The van der Waals surface area contributed by atoms with Crippen molar-refractivity contribution in [2.75, 3.05) is 46.3 Å². The molecule has 0 unspecified atom stereocenters. The maximum absolute atomic E-state index is 12.0. The molecule has 1 heterocycles. The lowest BCUT2D eigenvalue weighted by molar-refractivity contribution is 0.0941.